The van der Waals surface area contributed by atoms with Crippen LogP contribution in [0.4, 0.5) is 5.69 Å². The Balaban J connectivity index is 1.92. The van der Waals surface area contributed by atoms with Gasteiger partial charge in [-0.15, -0.1) is 0 Å². The molecule has 15 heavy (non-hydrogen) atoms. The van der Waals surface area contributed by atoms with E-state index >= 15 is 0 Å². The van der Waals surface area contributed by atoms with E-state index in [1.54, 1.807) is 0 Å². The lowest BCUT2D eigenvalue weighted by Crippen LogP contribution is -2.25. The predicted octanol–water partition coefficient (Wildman–Crippen LogP) is 3.06. The molecule has 3 N–H and O–H groups in total. The van der Waals surface area contributed by atoms with E-state index < -0.39 is 0 Å². The van der Waals surface area contributed by atoms with Gasteiger partial charge in [0.15, 0.2) is 0 Å². The fourth-order valence-electron chi connectivity index (χ4n) is 2.17. The molecular weight excluding hydrogens is 252 g/mol. The third-order valence-corrected chi connectivity index (χ3v) is 3.39. The minimum atomic E-state index is 0.713. The van der Waals surface area contributed by atoms with E-state index in [0.29, 0.717) is 6.04 Å². The summed E-state index contributed by atoms with van der Waals surface area (Å²) in [7, 11) is 0. The van der Waals surface area contributed by atoms with Gasteiger partial charge in [0, 0.05) is 22.7 Å². The van der Waals surface area contributed by atoms with Crippen LogP contribution < -0.4 is 11.1 Å². The topological polar surface area (TPSA) is 38.0 Å². The van der Waals surface area contributed by atoms with Gasteiger partial charge in [-0.25, -0.2) is 0 Å². The second-order valence-electron chi connectivity index (χ2n) is 4.26. The Labute approximate surface area is 99.4 Å². The highest BCUT2D eigenvalue weighted by Crippen LogP contribution is 2.20. The zero-order valence-corrected chi connectivity index (χ0v) is 10.4. The van der Waals surface area contributed by atoms with Crippen molar-refractivity contribution in [2.45, 2.75) is 38.3 Å². The fourth-order valence-corrected chi connectivity index (χ4v) is 2.73. The second-order valence-corrected chi connectivity index (χ2v) is 5.17. The first-order chi connectivity index (χ1) is 7.24. The number of hydrogen-bond acceptors (Lipinski definition) is 2. The van der Waals surface area contributed by atoms with Crippen LogP contribution in [0.15, 0.2) is 22.7 Å². The molecule has 3 heteroatoms. The van der Waals surface area contributed by atoms with E-state index in [2.05, 4.69) is 27.3 Å². The van der Waals surface area contributed by atoms with Crippen LogP contribution in [0.1, 0.15) is 31.2 Å². The molecule has 82 valence electrons. The molecule has 1 aromatic carbocycles. The smallest absolute Gasteiger partial charge is 0.0328 e. The molecule has 0 amide bonds. The minimum absolute atomic E-state index is 0.713. The van der Waals surface area contributed by atoms with Gasteiger partial charge in [0.25, 0.3) is 0 Å². The van der Waals surface area contributed by atoms with Crippen molar-refractivity contribution in [3.05, 3.63) is 28.2 Å². The van der Waals surface area contributed by atoms with Gasteiger partial charge in [-0.3, -0.25) is 0 Å². The molecule has 1 aliphatic rings. The number of rotatable bonds is 3. The summed E-state index contributed by atoms with van der Waals surface area (Å²) in [6.07, 6.45) is 5.39. The summed E-state index contributed by atoms with van der Waals surface area (Å²) in [5, 5.41) is 3.58. The van der Waals surface area contributed by atoms with Crippen LogP contribution in [0, 0.1) is 0 Å². The molecule has 0 atom stereocenters. The van der Waals surface area contributed by atoms with E-state index in [-0.39, 0.29) is 0 Å². The average Bonchev–Trinajstić information content (AvgIpc) is 2.65. The molecule has 1 aliphatic carbocycles. The minimum Gasteiger partial charge on any atom is -0.399 e. The van der Waals surface area contributed by atoms with Gasteiger partial charge >= 0.3 is 0 Å². The Hall–Kier alpha value is -0.540. The van der Waals surface area contributed by atoms with Gasteiger partial charge in [0.1, 0.15) is 0 Å². The first kappa shape index (κ1) is 11.0. The maximum absolute atomic E-state index is 5.79. The van der Waals surface area contributed by atoms with Crippen molar-refractivity contribution < 1.29 is 0 Å². The fraction of sp³-hybridized carbons (Fsp3) is 0.500. The molecule has 1 aromatic rings. The molecule has 1 fully saturated rings. The Kier molecular flexibility index (Phi) is 3.65. The highest BCUT2D eigenvalue weighted by molar-refractivity contribution is 9.10. The van der Waals surface area contributed by atoms with Crippen LogP contribution in [0.3, 0.4) is 0 Å². The molecule has 2 nitrogen and oxygen atoms in total. The molecular formula is C12H17BrN2. The maximum Gasteiger partial charge on any atom is 0.0328 e. The lowest BCUT2D eigenvalue weighted by molar-refractivity contribution is 0.524. The number of benzene rings is 1. The Morgan fingerprint density at radius 1 is 1.27 bits per heavy atom. The van der Waals surface area contributed by atoms with E-state index in [0.717, 1.165) is 16.7 Å². The Morgan fingerprint density at radius 2 is 2.00 bits per heavy atom. The molecule has 0 heterocycles. The van der Waals surface area contributed by atoms with Crippen molar-refractivity contribution in [1.29, 1.82) is 0 Å². The average molecular weight is 269 g/mol. The first-order valence-electron chi connectivity index (χ1n) is 5.52. The summed E-state index contributed by atoms with van der Waals surface area (Å²) in [5.41, 5.74) is 7.87. The number of nitrogens with two attached hydrogens (primary N) is 1. The zero-order valence-electron chi connectivity index (χ0n) is 8.80. The SMILES string of the molecule is Nc1cc(Br)cc(CNC2CCCC2)c1. The molecule has 0 aliphatic heterocycles. The predicted molar refractivity (Wildman–Crippen MR) is 67.7 cm³/mol. The molecule has 0 saturated heterocycles. The number of nitrogens with one attached hydrogen (secondary N) is 1. The van der Waals surface area contributed by atoms with Crippen molar-refractivity contribution in [3.63, 3.8) is 0 Å². The quantitative estimate of drug-likeness (QED) is 0.828. The van der Waals surface area contributed by atoms with Crippen molar-refractivity contribution in [2.24, 2.45) is 0 Å². The third-order valence-electron chi connectivity index (χ3n) is 2.93. The number of halogens is 1. The largest absolute Gasteiger partial charge is 0.399 e. The third kappa shape index (κ3) is 3.21. The number of anilines is 1. The first-order valence-corrected chi connectivity index (χ1v) is 6.31. The van der Waals surface area contributed by atoms with Gasteiger partial charge in [0.2, 0.25) is 0 Å². The summed E-state index contributed by atoms with van der Waals surface area (Å²) in [4.78, 5) is 0. The Bertz CT molecular complexity index is 312. The van der Waals surface area contributed by atoms with Gasteiger partial charge in [-0.05, 0) is 36.6 Å². The van der Waals surface area contributed by atoms with Crippen molar-refractivity contribution in [2.75, 3.05) is 5.73 Å². The lowest BCUT2D eigenvalue weighted by atomic mass is 10.2. The van der Waals surface area contributed by atoms with Crippen LogP contribution in [-0.4, -0.2) is 6.04 Å². The second kappa shape index (κ2) is 4.99. The van der Waals surface area contributed by atoms with Crippen LogP contribution >= 0.6 is 15.9 Å². The highest BCUT2D eigenvalue weighted by atomic mass is 79.9. The molecule has 0 spiro atoms. The Morgan fingerprint density at radius 3 is 2.67 bits per heavy atom. The molecule has 0 bridgehead atoms. The highest BCUT2D eigenvalue weighted by Gasteiger charge is 2.13. The van der Waals surface area contributed by atoms with Crippen molar-refractivity contribution in [3.8, 4) is 0 Å². The van der Waals surface area contributed by atoms with Gasteiger partial charge < -0.3 is 11.1 Å². The standard InChI is InChI=1S/C12H17BrN2/c13-10-5-9(6-11(14)7-10)8-15-12-3-1-2-4-12/h5-7,12,15H,1-4,8,14H2. The van der Waals surface area contributed by atoms with E-state index in [1.165, 1.54) is 31.2 Å². The summed E-state index contributed by atoms with van der Waals surface area (Å²) in [5.74, 6) is 0. The molecule has 0 aromatic heterocycles. The van der Waals surface area contributed by atoms with E-state index in [9.17, 15) is 0 Å². The zero-order chi connectivity index (χ0) is 10.7. The normalized spacial score (nSPS) is 17.1. The van der Waals surface area contributed by atoms with Crippen LogP contribution in [0.5, 0.6) is 0 Å². The summed E-state index contributed by atoms with van der Waals surface area (Å²) in [6, 6.07) is 6.80. The van der Waals surface area contributed by atoms with Crippen LogP contribution in [0.25, 0.3) is 0 Å². The van der Waals surface area contributed by atoms with Crippen molar-refractivity contribution >= 4 is 21.6 Å². The summed E-state index contributed by atoms with van der Waals surface area (Å²) >= 11 is 3.46. The van der Waals surface area contributed by atoms with Crippen molar-refractivity contribution in [1.82, 2.24) is 5.32 Å². The van der Waals surface area contributed by atoms with Gasteiger partial charge in [-0.1, -0.05) is 28.8 Å². The summed E-state index contributed by atoms with van der Waals surface area (Å²) in [6.45, 7) is 0.925. The molecule has 2 rings (SSSR count). The van der Waals surface area contributed by atoms with E-state index in [1.807, 2.05) is 12.1 Å². The molecule has 0 unspecified atom stereocenters. The molecule has 0 radical (unpaired) electrons. The van der Waals surface area contributed by atoms with Gasteiger partial charge in [-0.2, -0.15) is 0 Å². The lowest BCUT2D eigenvalue weighted by Gasteiger charge is -2.12. The number of hydrogen-bond donors (Lipinski definition) is 2. The maximum atomic E-state index is 5.79. The van der Waals surface area contributed by atoms with Gasteiger partial charge in [0.05, 0.1) is 0 Å². The summed E-state index contributed by atoms with van der Waals surface area (Å²) < 4.78 is 1.06. The van der Waals surface area contributed by atoms with Crippen LogP contribution in [0.2, 0.25) is 0 Å². The molecule has 1 saturated carbocycles. The van der Waals surface area contributed by atoms with E-state index in [4.69, 9.17) is 5.73 Å². The van der Waals surface area contributed by atoms with Crippen LogP contribution in [-0.2, 0) is 6.54 Å². The number of nitrogen functional groups attached to an aromatic ring is 1. The monoisotopic (exact) mass is 268 g/mol.